The van der Waals surface area contributed by atoms with Gasteiger partial charge in [-0.05, 0) is 47.7 Å². The van der Waals surface area contributed by atoms with Gasteiger partial charge in [0.2, 0.25) is 5.91 Å². The molecule has 0 aliphatic carbocycles. The maximum atomic E-state index is 12.2. The van der Waals surface area contributed by atoms with Gasteiger partial charge in [0.25, 0.3) is 0 Å². The number of carbonyl (C=O) groups is 1. The molecule has 23 heavy (non-hydrogen) atoms. The summed E-state index contributed by atoms with van der Waals surface area (Å²) in [7, 11) is 1.63. The zero-order valence-corrected chi connectivity index (χ0v) is 14.1. The van der Waals surface area contributed by atoms with Gasteiger partial charge in [0.15, 0.2) is 0 Å². The first-order valence-electron chi connectivity index (χ1n) is 7.74. The third-order valence-corrected chi connectivity index (χ3v) is 3.72. The number of rotatable bonds is 5. The van der Waals surface area contributed by atoms with Crippen LogP contribution in [-0.2, 0) is 4.79 Å². The summed E-state index contributed by atoms with van der Waals surface area (Å²) >= 11 is 0. The summed E-state index contributed by atoms with van der Waals surface area (Å²) in [6, 6.07) is 13.7. The van der Waals surface area contributed by atoms with E-state index in [1.807, 2.05) is 43.3 Å². The molecule has 120 valence electrons. The molecule has 1 amide bonds. The van der Waals surface area contributed by atoms with E-state index < -0.39 is 0 Å². The molecular formula is C20H23NO2. The normalized spacial score (nSPS) is 11.0. The van der Waals surface area contributed by atoms with Gasteiger partial charge in [-0.2, -0.15) is 0 Å². The smallest absolute Gasteiger partial charge is 0.248 e. The van der Waals surface area contributed by atoms with Gasteiger partial charge in [-0.3, -0.25) is 4.79 Å². The average Bonchev–Trinajstić information content (AvgIpc) is 2.55. The molecule has 0 bridgehead atoms. The number of anilines is 1. The number of hydrogen-bond acceptors (Lipinski definition) is 2. The Bertz CT molecular complexity index is 700. The van der Waals surface area contributed by atoms with Gasteiger partial charge in [-0.25, -0.2) is 0 Å². The maximum absolute atomic E-state index is 12.2. The first-order chi connectivity index (χ1) is 11.0. The van der Waals surface area contributed by atoms with Gasteiger partial charge in [-0.1, -0.05) is 44.2 Å². The van der Waals surface area contributed by atoms with Crippen molar-refractivity contribution in [1.29, 1.82) is 0 Å². The van der Waals surface area contributed by atoms with Crippen LogP contribution in [0.2, 0.25) is 0 Å². The van der Waals surface area contributed by atoms with Crippen LogP contribution < -0.4 is 10.1 Å². The van der Waals surface area contributed by atoms with Crippen molar-refractivity contribution in [3.8, 4) is 5.75 Å². The molecule has 2 rings (SSSR count). The molecule has 0 saturated heterocycles. The minimum absolute atomic E-state index is 0.128. The summed E-state index contributed by atoms with van der Waals surface area (Å²) < 4.78 is 5.12. The summed E-state index contributed by atoms with van der Waals surface area (Å²) in [5.41, 5.74) is 4.08. The molecule has 0 radical (unpaired) electrons. The molecule has 0 saturated carbocycles. The van der Waals surface area contributed by atoms with E-state index in [2.05, 4.69) is 25.2 Å². The largest absolute Gasteiger partial charge is 0.497 e. The molecule has 0 heterocycles. The Morgan fingerprint density at radius 2 is 1.83 bits per heavy atom. The van der Waals surface area contributed by atoms with E-state index >= 15 is 0 Å². The number of benzene rings is 2. The summed E-state index contributed by atoms with van der Waals surface area (Å²) in [4.78, 5) is 12.2. The van der Waals surface area contributed by atoms with Crippen molar-refractivity contribution < 1.29 is 9.53 Å². The van der Waals surface area contributed by atoms with Crippen LogP contribution in [0.5, 0.6) is 5.75 Å². The maximum Gasteiger partial charge on any atom is 0.248 e. The van der Waals surface area contributed by atoms with E-state index in [0.717, 1.165) is 28.1 Å². The Morgan fingerprint density at radius 1 is 1.13 bits per heavy atom. The highest BCUT2D eigenvalue weighted by atomic mass is 16.5. The molecule has 0 aromatic heterocycles. The number of para-hydroxylation sites is 1. The van der Waals surface area contributed by atoms with Crippen molar-refractivity contribution in [2.75, 3.05) is 12.4 Å². The zero-order valence-electron chi connectivity index (χ0n) is 14.1. The zero-order chi connectivity index (χ0) is 16.8. The van der Waals surface area contributed by atoms with Gasteiger partial charge in [-0.15, -0.1) is 0 Å². The molecule has 0 aliphatic heterocycles. The van der Waals surface area contributed by atoms with E-state index in [-0.39, 0.29) is 5.91 Å². The summed E-state index contributed by atoms with van der Waals surface area (Å²) in [5, 5.41) is 3.00. The fourth-order valence-electron chi connectivity index (χ4n) is 2.39. The SMILES string of the molecule is COc1ccc(/C=C\C(=O)Nc2c(C)cccc2C(C)C)cc1. The molecule has 0 aliphatic rings. The van der Waals surface area contributed by atoms with Crippen LogP contribution in [0.15, 0.2) is 48.5 Å². The van der Waals surface area contributed by atoms with Gasteiger partial charge in [0.05, 0.1) is 7.11 Å². The molecule has 2 aromatic rings. The number of nitrogens with one attached hydrogen (secondary N) is 1. The molecule has 0 atom stereocenters. The predicted octanol–water partition coefficient (Wildman–Crippen LogP) is 4.78. The number of ether oxygens (including phenoxy) is 1. The van der Waals surface area contributed by atoms with Crippen LogP contribution in [0, 0.1) is 6.92 Å². The third-order valence-electron chi connectivity index (χ3n) is 3.72. The van der Waals surface area contributed by atoms with Crippen molar-refractivity contribution in [3.05, 3.63) is 65.2 Å². The highest BCUT2D eigenvalue weighted by molar-refractivity contribution is 6.02. The van der Waals surface area contributed by atoms with E-state index in [4.69, 9.17) is 4.74 Å². The van der Waals surface area contributed by atoms with Crippen molar-refractivity contribution in [1.82, 2.24) is 0 Å². The topological polar surface area (TPSA) is 38.3 Å². The third kappa shape index (κ3) is 4.46. The van der Waals surface area contributed by atoms with Crippen LogP contribution >= 0.6 is 0 Å². The fraction of sp³-hybridized carbons (Fsp3) is 0.250. The van der Waals surface area contributed by atoms with Gasteiger partial charge in [0, 0.05) is 11.8 Å². The summed E-state index contributed by atoms with van der Waals surface area (Å²) in [5.74, 6) is 1.03. The highest BCUT2D eigenvalue weighted by Gasteiger charge is 2.10. The van der Waals surface area contributed by atoms with Crippen LogP contribution in [0.25, 0.3) is 6.08 Å². The molecule has 0 spiro atoms. The number of hydrogen-bond donors (Lipinski definition) is 1. The van der Waals surface area contributed by atoms with Crippen molar-refractivity contribution in [2.24, 2.45) is 0 Å². The quantitative estimate of drug-likeness (QED) is 0.807. The van der Waals surface area contributed by atoms with Crippen LogP contribution in [0.4, 0.5) is 5.69 Å². The number of methoxy groups -OCH3 is 1. The Balaban J connectivity index is 2.11. The van der Waals surface area contributed by atoms with Gasteiger partial charge >= 0.3 is 0 Å². The molecule has 0 fully saturated rings. The number of carbonyl (C=O) groups excluding carboxylic acids is 1. The lowest BCUT2D eigenvalue weighted by molar-refractivity contribution is -0.111. The molecule has 3 nitrogen and oxygen atoms in total. The summed E-state index contributed by atoms with van der Waals surface area (Å²) in [6.45, 7) is 6.25. The standard InChI is InChI=1S/C20H23NO2/c1-14(2)18-7-5-6-15(3)20(18)21-19(22)13-10-16-8-11-17(23-4)12-9-16/h5-14H,1-4H3,(H,21,22)/b13-10-. The van der Waals surface area contributed by atoms with Crippen molar-refractivity contribution in [2.45, 2.75) is 26.7 Å². The first kappa shape index (κ1) is 16.8. The average molecular weight is 309 g/mol. The molecular weight excluding hydrogens is 286 g/mol. The van der Waals surface area contributed by atoms with Crippen LogP contribution in [0.3, 0.4) is 0 Å². The lowest BCUT2D eigenvalue weighted by Gasteiger charge is -2.15. The predicted molar refractivity (Wildman–Crippen MR) is 95.9 cm³/mol. The minimum atomic E-state index is -0.128. The van der Waals surface area contributed by atoms with E-state index in [9.17, 15) is 4.79 Å². The Morgan fingerprint density at radius 3 is 2.43 bits per heavy atom. The minimum Gasteiger partial charge on any atom is -0.497 e. The first-order valence-corrected chi connectivity index (χ1v) is 7.74. The molecule has 2 aromatic carbocycles. The lowest BCUT2D eigenvalue weighted by atomic mass is 9.98. The fourth-order valence-corrected chi connectivity index (χ4v) is 2.39. The highest BCUT2D eigenvalue weighted by Crippen LogP contribution is 2.27. The second-order valence-electron chi connectivity index (χ2n) is 5.79. The van der Waals surface area contributed by atoms with Crippen molar-refractivity contribution >= 4 is 17.7 Å². The number of amides is 1. The van der Waals surface area contributed by atoms with Gasteiger partial charge in [0.1, 0.15) is 5.75 Å². The van der Waals surface area contributed by atoms with Crippen LogP contribution in [-0.4, -0.2) is 13.0 Å². The molecule has 3 heteroatoms. The second-order valence-corrected chi connectivity index (χ2v) is 5.79. The van der Waals surface area contributed by atoms with E-state index in [0.29, 0.717) is 5.92 Å². The van der Waals surface area contributed by atoms with Gasteiger partial charge < -0.3 is 10.1 Å². The lowest BCUT2D eigenvalue weighted by Crippen LogP contribution is -2.11. The Labute approximate surface area is 138 Å². The second kappa shape index (κ2) is 7.63. The van der Waals surface area contributed by atoms with Crippen LogP contribution in [0.1, 0.15) is 36.5 Å². The molecule has 0 unspecified atom stereocenters. The van der Waals surface area contributed by atoms with Crippen molar-refractivity contribution in [3.63, 3.8) is 0 Å². The molecule has 1 N–H and O–H groups in total. The monoisotopic (exact) mass is 309 g/mol. The number of aryl methyl sites for hydroxylation is 1. The van der Waals surface area contributed by atoms with E-state index in [1.54, 1.807) is 19.3 Å². The summed E-state index contributed by atoms with van der Waals surface area (Å²) in [6.07, 6.45) is 3.35. The Kier molecular flexibility index (Phi) is 5.58. The Hall–Kier alpha value is -2.55. The van der Waals surface area contributed by atoms with E-state index in [1.165, 1.54) is 0 Å².